The van der Waals surface area contributed by atoms with E-state index in [0.29, 0.717) is 44.2 Å². The summed E-state index contributed by atoms with van der Waals surface area (Å²) in [5.74, 6) is -2.17. The molecule has 19 heteroatoms. The summed E-state index contributed by atoms with van der Waals surface area (Å²) in [5, 5.41) is 10.5. The number of nitrogens with zero attached hydrogens (tertiary/aromatic N) is 5. The molecule has 0 radical (unpaired) electrons. The highest BCUT2D eigenvalue weighted by Gasteiger charge is 2.43. The van der Waals surface area contributed by atoms with Crippen molar-refractivity contribution in [2.45, 2.75) is 77.1 Å². The number of aromatic nitrogens is 4. The predicted molar refractivity (Wildman–Crippen MR) is 163 cm³/mol. The van der Waals surface area contributed by atoms with E-state index in [2.05, 4.69) is 0 Å². The Hall–Kier alpha value is -4.12. The van der Waals surface area contributed by atoms with E-state index >= 15 is 0 Å². The summed E-state index contributed by atoms with van der Waals surface area (Å²) >= 11 is 11.2. The summed E-state index contributed by atoms with van der Waals surface area (Å²) in [6.45, 7) is 0.275. The van der Waals surface area contributed by atoms with Gasteiger partial charge in [-0.1, -0.05) is 23.2 Å². The van der Waals surface area contributed by atoms with Crippen LogP contribution in [-0.4, -0.2) is 23.7 Å². The van der Waals surface area contributed by atoms with Crippen LogP contribution >= 0.6 is 23.2 Å². The zero-order chi connectivity index (χ0) is 36.0. The molecular weight excluding hydrogens is 717 g/mol. The minimum absolute atomic E-state index is 0.0542. The summed E-state index contributed by atoms with van der Waals surface area (Å²) in [5.41, 5.74) is -7.76. The second kappa shape index (κ2) is 13.7. The second-order valence-electron chi connectivity index (χ2n) is 11.3. The van der Waals surface area contributed by atoms with Gasteiger partial charge in [-0.05, 0) is 56.7 Å². The van der Waals surface area contributed by atoms with Gasteiger partial charge in [0, 0.05) is 54.5 Å². The van der Waals surface area contributed by atoms with E-state index in [1.54, 1.807) is 0 Å². The fourth-order valence-corrected chi connectivity index (χ4v) is 6.49. The lowest BCUT2D eigenvalue weighted by Crippen LogP contribution is -2.23. The Morgan fingerprint density at radius 3 is 1.49 bits per heavy atom. The number of benzene rings is 2. The quantitative estimate of drug-likeness (QED) is 0.119. The lowest BCUT2D eigenvalue weighted by atomic mass is 10.0. The van der Waals surface area contributed by atoms with Gasteiger partial charge < -0.3 is 0 Å². The molecule has 0 fully saturated rings. The van der Waals surface area contributed by atoms with Gasteiger partial charge in [-0.25, -0.2) is 18.1 Å². The van der Waals surface area contributed by atoms with Crippen LogP contribution in [0.4, 0.5) is 40.8 Å². The Morgan fingerprint density at radius 1 is 0.633 bits per heavy atom. The molecule has 0 aliphatic carbocycles. The number of halogens is 10. The Morgan fingerprint density at radius 2 is 1.06 bits per heavy atom. The van der Waals surface area contributed by atoms with E-state index in [4.69, 9.17) is 23.2 Å². The fourth-order valence-electron chi connectivity index (χ4n) is 6.11. The van der Waals surface area contributed by atoms with E-state index < -0.39 is 78.8 Å². The Balaban J connectivity index is 0.000000192. The maximum Gasteiger partial charge on any atom is 0.433 e. The van der Waals surface area contributed by atoms with Gasteiger partial charge in [0.1, 0.15) is 16.7 Å². The first-order valence-electron chi connectivity index (χ1n) is 14.8. The number of fused-ring (bicyclic) bond motifs is 2. The van der Waals surface area contributed by atoms with Gasteiger partial charge in [-0.15, -0.1) is 0 Å². The van der Waals surface area contributed by atoms with Crippen LogP contribution in [0.2, 0.25) is 10.0 Å². The Labute approximate surface area is 281 Å². The molecule has 0 N–H and O–H groups in total. The minimum Gasteiger partial charge on any atom is -0.277 e. The highest BCUT2D eigenvalue weighted by Crippen LogP contribution is 2.41. The Kier molecular flexibility index (Phi) is 10.1. The lowest BCUT2D eigenvalue weighted by Gasteiger charge is -2.14. The lowest BCUT2D eigenvalue weighted by molar-refractivity contribution is -0.384. The molecule has 0 amide bonds. The SMILES string of the molecule is O=c1c(-c2cc([N+](=O)[O-])c(Cl)cc2F)c(C(F)(F)F)n2n1CCCCC2.O=c1c(-c2ccc(Cl)cc2F)c(C(F)(F)F)n2n1CCCCC2. The molecule has 0 atom stereocenters. The van der Waals surface area contributed by atoms with E-state index in [-0.39, 0.29) is 36.8 Å². The first-order valence-corrected chi connectivity index (χ1v) is 15.6. The summed E-state index contributed by atoms with van der Waals surface area (Å²) in [7, 11) is 0. The van der Waals surface area contributed by atoms with Crippen molar-refractivity contribution in [1.29, 1.82) is 0 Å². The first kappa shape index (κ1) is 36.2. The van der Waals surface area contributed by atoms with Gasteiger partial charge in [0.2, 0.25) is 0 Å². The molecule has 4 aromatic rings. The summed E-state index contributed by atoms with van der Waals surface area (Å²) in [6, 6.07) is 4.41. The van der Waals surface area contributed by atoms with Crippen molar-refractivity contribution in [3.8, 4) is 22.3 Å². The standard InChI is InChI=1S/C15H12ClF4N3O3.C15H13ClF4N2O/c16-9-7-10(17)8(6-11(9)23(25)26)12-13(15(18,19)20)21-4-2-1-3-5-22(21)14(12)24;16-9-4-5-10(11(17)8-9)12-13(15(18,19)20)21-6-2-1-3-7-22(21)14(12)23/h6-7H,1-5H2;4-5,8H,1-3,6-7H2. The van der Waals surface area contributed by atoms with Gasteiger partial charge >= 0.3 is 12.4 Å². The van der Waals surface area contributed by atoms with E-state index in [0.717, 1.165) is 37.3 Å². The van der Waals surface area contributed by atoms with Crippen LogP contribution in [0.5, 0.6) is 0 Å². The molecule has 6 rings (SSSR count). The third kappa shape index (κ3) is 7.00. The van der Waals surface area contributed by atoms with Crippen molar-refractivity contribution >= 4 is 28.9 Å². The highest BCUT2D eigenvalue weighted by atomic mass is 35.5. The maximum absolute atomic E-state index is 14.3. The molecule has 4 heterocycles. The van der Waals surface area contributed by atoms with E-state index in [9.17, 15) is 54.8 Å². The zero-order valence-electron chi connectivity index (χ0n) is 25.1. The molecule has 0 saturated carbocycles. The van der Waals surface area contributed by atoms with Crippen molar-refractivity contribution in [3.05, 3.63) is 94.2 Å². The van der Waals surface area contributed by atoms with Crippen LogP contribution in [0.3, 0.4) is 0 Å². The molecule has 264 valence electrons. The van der Waals surface area contributed by atoms with Gasteiger partial charge in [0.15, 0.2) is 11.4 Å². The topological polar surface area (TPSA) is 97.0 Å². The van der Waals surface area contributed by atoms with Crippen molar-refractivity contribution in [1.82, 2.24) is 18.7 Å². The molecular formula is C30H25Cl2F8N5O4. The van der Waals surface area contributed by atoms with Crippen LogP contribution in [0, 0.1) is 21.7 Å². The fraction of sp³-hybridized carbons (Fsp3) is 0.400. The molecule has 2 aromatic heterocycles. The summed E-state index contributed by atoms with van der Waals surface area (Å²) in [4.78, 5) is 35.2. The van der Waals surface area contributed by atoms with Gasteiger partial charge in [-0.3, -0.25) is 29.1 Å². The number of alkyl halides is 6. The van der Waals surface area contributed by atoms with Crippen molar-refractivity contribution in [3.63, 3.8) is 0 Å². The molecule has 2 aliphatic heterocycles. The molecule has 0 unspecified atom stereocenters. The molecule has 2 aromatic carbocycles. The predicted octanol–water partition coefficient (Wildman–Crippen LogP) is 8.53. The van der Waals surface area contributed by atoms with Gasteiger partial charge in [0.05, 0.1) is 16.1 Å². The summed E-state index contributed by atoms with van der Waals surface area (Å²) < 4.78 is 114. The van der Waals surface area contributed by atoms with Crippen molar-refractivity contribution in [2.75, 3.05) is 0 Å². The third-order valence-electron chi connectivity index (χ3n) is 8.19. The van der Waals surface area contributed by atoms with Crippen LogP contribution in [0.15, 0.2) is 39.9 Å². The number of hydrogen-bond acceptors (Lipinski definition) is 4. The molecule has 49 heavy (non-hydrogen) atoms. The average molecular weight is 742 g/mol. The highest BCUT2D eigenvalue weighted by molar-refractivity contribution is 6.32. The molecule has 0 bridgehead atoms. The van der Waals surface area contributed by atoms with Crippen LogP contribution in [-0.2, 0) is 38.5 Å². The average Bonchev–Trinajstić information content (AvgIpc) is 3.20. The number of rotatable bonds is 3. The molecule has 0 spiro atoms. The van der Waals surface area contributed by atoms with Crippen LogP contribution in [0.25, 0.3) is 22.3 Å². The number of hydrogen-bond donors (Lipinski definition) is 0. The zero-order valence-corrected chi connectivity index (χ0v) is 26.6. The van der Waals surface area contributed by atoms with E-state index in [1.807, 2.05) is 0 Å². The van der Waals surface area contributed by atoms with Crippen LogP contribution < -0.4 is 11.1 Å². The number of nitro groups is 1. The number of nitro benzene ring substituents is 1. The molecule has 9 nitrogen and oxygen atoms in total. The Bertz CT molecular complexity index is 2050. The second-order valence-corrected chi connectivity index (χ2v) is 12.2. The minimum atomic E-state index is -4.94. The maximum atomic E-state index is 14.3. The smallest absolute Gasteiger partial charge is 0.277 e. The van der Waals surface area contributed by atoms with Crippen molar-refractivity contribution < 1.29 is 40.0 Å². The monoisotopic (exact) mass is 741 g/mol. The molecule has 0 saturated heterocycles. The van der Waals surface area contributed by atoms with Crippen molar-refractivity contribution in [2.24, 2.45) is 0 Å². The van der Waals surface area contributed by atoms with Gasteiger partial charge in [-0.2, -0.15) is 26.3 Å². The largest absolute Gasteiger partial charge is 0.433 e. The summed E-state index contributed by atoms with van der Waals surface area (Å²) in [6.07, 6.45) is -6.20. The van der Waals surface area contributed by atoms with Gasteiger partial charge in [0.25, 0.3) is 16.8 Å². The first-order chi connectivity index (χ1) is 22.9. The third-order valence-corrected chi connectivity index (χ3v) is 8.73. The van der Waals surface area contributed by atoms with Crippen LogP contribution in [0.1, 0.15) is 49.9 Å². The molecule has 2 aliphatic rings. The van der Waals surface area contributed by atoms with E-state index in [1.165, 1.54) is 6.07 Å². The normalized spacial score (nSPS) is 15.1.